The summed E-state index contributed by atoms with van der Waals surface area (Å²) in [4.78, 5) is 5.68. The number of thiazole rings is 1. The van der Waals surface area contributed by atoms with Gasteiger partial charge in [-0.15, -0.1) is 11.3 Å². The van der Waals surface area contributed by atoms with Crippen LogP contribution in [0.4, 0.5) is 0 Å². The molecule has 17 heavy (non-hydrogen) atoms. The first-order valence-electron chi connectivity index (χ1n) is 6.26. The molecule has 0 saturated heterocycles. The van der Waals surface area contributed by atoms with Crippen LogP contribution in [0, 0.1) is 6.92 Å². The smallest absolute Gasteiger partial charge is 0.0876 e. The summed E-state index contributed by atoms with van der Waals surface area (Å²) in [6, 6.07) is 0.294. The second-order valence-electron chi connectivity index (χ2n) is 4.36. The van der Waals surface area contributed by atoms with Gasteiger partial charge in [0.15, 0.2) is 0 Å². The molecule has 0 aromatic carbocycles. The lowest BCUT2D eigenvalue weighted by Crippen LogP contribution is -2.25. The van der Waals surface area contributed by atoms with E-state index in [-0.39, 0.29) is 0 Å². The van der Waals surface area contributed by atoms with Crippen LogP contribution in [0.15, 0.2) is 17.3 Å². The first-order valence-corrected chi connectivity index (χ1v) is 7.14. The van der Waals surface area contributed by atoms with Gasteiger partial charge < -0.3 is 10.1 Å². The van der Waals surface area contributed by atoms with Crippen molar-refractivity contribution < 1.29 is 4.74 Å². The second kappa shape index (κ2) is 6.17. The molecule has 1 unspecified atom stereocenters. The Labute approximate surface area is 107 Å². The maximum Gasteiger partial charge on any atom is 0.0876 e. The van der Waals surface area contributed by atoms with Crippen molar-refractivity contribution in [3.8, 4) is 0 Å². The fraction of sp³-hybridized carbons (Fsp3) is 0.615. The SMILES string of the molecule is CCCNC(C1=COCCC1)c1scnc1C. The van der Waals surface area contributed by atoms with Crippen molar-refractivity contribution in [1.82, 2.24) is 10.3 Å². The molecule has 1 atom stereocenters. The molecule has 1 aromatic heterocycles. The van der Waals surface area contributed by atoms with E-state index >= 15 is 0 Å². The number of aromatic nitrogens is 1. The van der Waals surface area contributed by atoms with Gasteiger partial charge in [0.25, 0.3) is 0 Å². The molecule has 2 heterocycles. The summed E-state index contributed by atoms with van der Waals surface area (Å²) in [6.07, 6.45) is 5.32. The van der Waals surface area contributed by atoms with Crippen LogP contribution in [0.2, 0.25) is 0 Å². The van der Waals surface area contributed by atoms with Crippen molar-refractivity contribution >= 4 is 11.3 Å². The highest BCUT2D eigenvalue weighted by molar-refractivity contribution is 7.09. The summed E-state index contributed by atoms with van der Waals surface area (Å²) in [5.41, 5.74) is 4.42. The zero-order valence-corrected chi connectivity index (χ0v) is 11.3. The standard InChI is InChI=1S/C13H20N2OS/c1-3-6-14-12(11-5-4-7-16-8-11)13-10(2)15-9-17-13/h8-9,12,14H,3-7H2,1-2H3. The average molecular weight is 252 g/mol. The van der Waals surface area contributed by atoms with Crippen molar-refractivity contribution in [1.29, 1.82) is 0 Å². The fourth-order valence-corrected chi connectivity index (χ4v) is 2.98. The molecule has 0 saturated carbocycles. The Balaban J connectivity index is 2.18. The molecule has 3 nitrogen and oxygen atoms in total. The van der Waals surface area contributed by atoms with Gasteiger partial charge in [-0.1, -0.05) is 6.92 Å². The summed E-state index contributed by atoms with van der Waals surface area (Å²) < 4.78 is 5.46. The highest BCUT2D eigenvalue weighted by Crippen LogP contribution is 2.31. The van der Waals surface area contributed by atoms with Crippen molar-refractivity contribution in [2.24, 2.45) is 0 Å². The lowest BCUT2D eigenvalue weighted by Gasteiger charge is -2.23. The summed E-state index contributed by atoms with van der Waals surface area (Å²) in [6.45, 7) is 6.15. The molecule has 0 bridgehead atoms. The van der Waals surface area contributed by atoms with Crippen LogP contribution in [-0.2, 0) is 4.74 Å². The van der Waals surface area contributed by atoms with E-state index in [0.29, 0.717) is 6.04 Å². The molecule has 1 aromatic rings. The van der Waals surface area contributed by atoms with Gasteiger partial charge in [0, 0.05) is 4.88 Å². The Morgan fingerprint density at radius 3 is 3.06 bits per heavy atom. The van der Waals surface area contributed by atoms with E-state index < -0.39 is 0 Å². The summed E-state index contributed by atoms with van der Waals surface area (Å²) in [5.74, 6) is 0. The Morgan fingerprint density at radius 2 is 2.47 bits per heavy atom. The Bertz CT molecular complexity index is 387. The van der Waals surface area contributed by atoms with Crippen molar-refractivity contribution in [2.75, 3.05) is 13.2 Å². The topological polar surface area (TPSA) is 34.1 Å². The van der Waals surface area contributed by atoms with E-state index in [1.807, 2.05) is 11.8 Å². The van der Waals surface area contributed by atoms with Gasteiger partial charge in [-0.2, -0.15) is 0 Å². The van der Waals surface area contributed by atoms with Gasteiger partial charge in [-0.3, -0.25) is 0 Å². The number of ether oxygens (including phenoxy) is 1. The Kier molecular flexibility index (Phi) is 4.57. The minimum Gasteiger partial charge on any atom is -0.501 e. The monoisotopic (exact) mass is 252 g/mol. The van der Waals surface area contributed by atoms with Gasteiger partial charge in [0.1, 0.15) is 0 Å². The zero-order valence-electron chi connectivity index (χ0n) is 10.5. The van der Waals surface area contributed by atoms with Crippen molar-refractivity contribution in [2.45, 2.75) is 39.2 Å². The number of nitrogens with zero attached hydrogens (tertiary/aromatic N) is 1. The molecule has 0 spiro atoms. The third-order valence-corrected chi connectivity index (χ3v) is 3.97. The van der Waals surface area contributed by atoms with Crippen LogP contribution >= 0.6 is 11.3 Å². The van der Waals surface area contributed by atoms with Gasteiger partial charge in [-0.25, -0.2) is 4.98 Å². The fourth-order valence-electron chi connectivity index (χ4n) is 2.07. The van der Waals surface area contributed by atoms with E-state index in [9.17, 15) is 0 Å². The van der Waals surface area contributed by atoms with Gasteiger partial charge in [0.05, 0.1) is 30.1 Å². The third kappa shape index (κ3) is 3.07. The summed E-state index contributed by atoms with van der Waals surface area (Å²) >= 11 is 1.73. The minimum absolute atomic E-state index is 0.294. The van der Waals surface area contributed by atoms with E-state index in [4.69, 9.17) is 4.74 Å². The molecule has 4 heteroatoms. The van der Waals surface area contributed by atoms with Crippen molar-refractivity contribution in [3.63, 3.8) is 0 Å². The quantitative estimate of drug-likeness (QED) is 0.874. The lowest BCUT2D eigenvalue weighted by molar-refractivity contribution is 0.219. The summed E-state index contributed by atoms with van der Waals surface area (Å²) in [5, 5.41) is 3.60. The lowest BCUT2D eigenvalue weighted by atomic mass is 10.00. The largest absolute Gasteiger partial charge is 0.501 e. The average Bonchev–Trinajstić information content (AvgIpc) is 2.78. The van der Waals surface area contributed by atoms with Crippen LogP contribution in [-0.4, -0.2) is 18.1 Å². The van der Waals surface area contributed by atoms with Crippen LogP contribution in [0.5, 0.6) is 0 Å². The van der Waals surface area contributed by atoms with E-state index in [1.54, 1.807) is 11.3 Å². The van der Waals surface area contributed by atoms with E-state index in [2.05, 4.69) is 24.1 Å². The molecule has 94 valence electrons. The molecule has 0 radical (unpaired) electrons. The second-order valence-corrected chi connectivity index (χ2v) is 5.24. The molecule has 0 amide bonds. The third-order valence-electron chi connectivity index (χ3n) is 2.98. The number of aryl methyl sites for hydroxylation is 1. The molecule has 1 aliphatic heterocycles. The highest BCUT2D eigenvalue weighted by Gasteiger charge is 2.21. The number of nitrogens with one attached hydrogen (secondary N) is 1. The first kappa shape index (κ1) is 12.6. The molecular formula is C13H20N2OS. The Morgan fingerprint density at radius 1 is 1.59 bits per heavy atom. The summed E-state index contributed by atoms with van der Waals surface area (Å²) in [7, 11) is 0. The first-order chi connectivity index (χ1) is 8.33. The van der Waals surface area contributed by atoms with Crippen LogP contribution < -0.4 is 5.32 Å². The van der Waals surface area contributed by atoms with Crippen molar-refractivity contribution in [3.05, 3.63) is 27.9 Å². The Hall–Kier alpha value is -0.870. The zero-order chi connectivity index (χ0) is 12.1. The highest BCUT2D eigenvalue weighted by atomic mass is 32.1. The predicted molar refractivity (Wildman–Crippen MR) is 71.2 cm³/mol. The van der Waals surface area contributed by atoms with Gasteiger partial charge in [-0.05, 0) is 38.3 Å². The number of hydrogen-bond donors (Lipinski definition) is 1. The molecule has 2 rings (SSSR count). The van der Waals surface area contributed by atoms with Gasteiger partial charge in [0.2, 0.25) is 0 Å². The van der Waals surface area contributed by atoms with E-state index in [0.717, 1.165) is 38.1 Å². The number of hydrogen-bond acceptors (Lipinski definition) is 4. The van der Waals surface area contributed by atoms with Gasteiger partial charge >= 0.3 is 0 Å². The molecular weight excluding hydrogens is 232 g/mol. The maximum atomic E-state index is 5.46. The van der Waals surface area contributed by atoms with Crippen LogP contribution in [0.3, 0.4) is 0 Å². The minimum atomic E-state index is 0.294. The number of rotatable bonds is 5. The van der Waals surface area contributed by atoms with Crippen LogP contribution in [0.1, 0.15) is 42.8 Å². The molecule has 1 N–H and O–H groups in total. The predicted octanol–water partition coefficient (Wildman–Crippen LogP) is 3.19. The molecule has 0 aliphatic carbocycles. The van der Waals surface area contributed by atoms with E-state index in [1.165, 1.54) is 10.5 Å². The molecule has 0 fully saturated rings. The normalized spacial score (nSPS) is 17.4. The van der Waals surface area contributed by atoms with Crippen LogP contribution in [0.25, 0.3) is 0 Å². The molecule has 1 aliphatic rings. The maximum absolute atomic E-state index is 5.46.